The van der Waals surface area contributed by atoms with Gasteiger partial charge in [-0.15, -0.1) is 0 Å². The fourth-order valence-corrected chi connectivity index (χ4v) is 2.39. The average molecular weight is 268 g/mol. The van der Waals surface area contributed by atoms with Crippen molar-refractivity contribution in [2.75, 3.05) is 6.54 Å². The number of hydrogen-bond donors (Lipinski definition) is 1. The van der Waals surface area contributed by atoms with Crippen LogP contribution >= 0.6 is 15.9 Å². The molecule has 1 saturated heterocycles. The molecular formula is C12H14BrNO. The number of rotatable bonds is 2. The van der Waals surface area contributed by atoms with Crippen molar-refractivity contribution < 1.29 is 4.79 Å². The number of Topliss-reactive ketones (excluding diaryl/α,β-unsaturated/α-hetero) is 1. The molecule has 3 heteroatoms. The van der Waals surface area contributed by atoms with Crippen LogP contribution in [0.4, 0.5) is 0 Å². The van der Waals surface area contributed by atoms with Crippen molar-refractivity contribution in [3.8, 4) is 0 Å². The lowest BCUT2D eigenvalue weighted by molar-refractivity contribution is -0.120. The van der Waals surface area contributed by atoms with Crippen molar-refractivity contribution in [2.24, 2.45) is 0 Å². The van der Waals surface area contributed by atoms with Crippen LogP contribution in [0.15, 0.2) is 28.7 Å². The maximum Gasteiger partial charge on any atom is 0.135 e. The monoisotopic (exact) mass is 267 g/mol. The van der Waals surface area contributed by atoms with Gasteiger partial charge in [-0.2, -0.15) is 0 Å². The maximum absolute atomic E-state index is 11.3. The first-order valence-electron chi connectivity index (χ1n) is 5.24. The van der Waals surface area contributed by atoms with Gasteiger partial charge in [0.05, 0.1) is 0 Å². The van der Waals surface area contributed by atoms with Crippen molar-refractivity contribution >= 4 is 21.7 Å². The largest absolute Gasteiger partial charge is 0.313 e. The Bertz CT molecular complexity index is 364. The quantitative estimate of drug-likeness (QED) is 0.891. The maximum atomic E-state index is 11.3. The summed E-state index contributed by atoms with van der Waals surface area (Å²) >= 11 is 3.53. The average Bonchev–Trinajstić information content (AvgIpc) is 2.22. The second-order valence-electron chi connectivity index (χ2n) is 3.94. The molecule has 80 valence electrons. The van der Waals surface area contributed by atoms with E-state index in [1.165, 1.54) is 5.56 Å². The Morgan fingerprint density at radius 3 is 2.93 bits per heavy atom. The van der Waals surface area contributed by atoms with E-state index >= 15 is 0 Å². The molecule has 1 heterocycles. The predicted molar refractivity (Wildman–Crippen MR) is 63.9 cm³/mol. The summed E-state index contributed by atoms with van der Waals surface area (Å²) in [6.07, 6.45) is 2.28. The summed E-state index contributed by atoms with van der Waals surface area (Å²) in [6.45, 7) is 0.827. The third-order valence-electron chi connectivity index (χ3n) is 2.74. The fraction of sp³-hybridized carbons (Fsp3) is 0.417. The van der Waals surface area contributed by atoms with E-state index in [1.807, 2.05) is 18.2 Å². The first-order valence-corrected chi connectivity index (χ1v) is 6.03. The highest BCUT2D eigenvalue weighted by Crippen LogP contribution is 2.19. The van der Waals surface area contributed by atoms with Crippen molar-refractivity contribution in [1.29, 1.82) is 0 Å². The molecule has 0 aliphatic carbocycles. The van der Waals surface area contributed by atoms with Gasteiger partial charge in [0.1, 0.15) is 5.78 Å². The van der Waals surface area contributed by atoms with E-state index in [-0.39, 0.29) is 0 Å². The van der Waals surface area contributed by atoms with Crippen LogP contribution in [0.1, 0.15) is 18.4 Å². The Hall–Kier alpha value is -0.670. The van der Waals surface area contributed by atoms with E-state index < -0.39 is 0 Å². The zero-order chi connectivity index (χ0) is 10.7. The number of carbonyl (C=O) groups is 1. The van der Waals surface area contributed by atoms with E-state index in [4.69, 9.17) is 0 Å². The smallest absolute Gasteiger partial charge is 0.135 e. The minimum Gasteiger partial charge on any atom is -0.313 e. The molecule has 1 aliphatic heterocycles. The Morgan fingerprint density at radius 1 is 1.40 bits per heavy atom. The SMILES string of the molecule is O=C1CCNC(Cc2ccccc2Br)C1. The lowest BCUT2D eigenvalue weighted by atomic mass is 9.97. The fourth-order valence-electron chi connectivity index (χ4n) is 1.94. The van der Waals surface area contributed by atoms with Gasteiger partial charge in [0.15, 0.2) is 0 Å². The number of carbonyl (C=O) groups excluding carboxylic acids is 1. The summed E-state index contributed by atoms with van der Waals surface area (Å²) < 4.78 is 1.13. The van der Waals surface area contributed by atoms with Gasteiger partial charge in [-0.05, 0) is 18.1 Å². The number of halogens is 1. The lowest BCUT2D eigenvalue weighted by Gasteiger charge is -2.23. The molecule has 1 aromatic rings. The number of hydrogen-bond acceptors (Lipinski definition) is 2. The predicted octanol–water partition coefficient (Wildman–Crippen LogP) is 2.31. The number of piperidine rings is 1. The summed E-state index contributed by atoms with van der Waals surface area (Å²) in [7, 11) is 0. The summed E-state index contributed by atoms with van der Waals surface area (Å²) in [6, 6.07) is 8.49. The Balaban J connectivity index is 2.02. The van der Waals surface area contributed by atoms with Crippen molar-refractivity contribution in [3.05, 3.63) is 34.3 Å². The molecule has 0 radical (unpaired) electrons. The molecular weight excluding hydrogens is 254 g/mol. The molecule has 15 heavy (non-hydrogen) atoms. The molecule has 1 unspecified atom stereocenters. The van der Waals surface area contributed by atoms with Crippen molar-refractivity contribution in [1.82, 2.24) is 5.32 Å². The van der Waals surface area contributed by atoms with Gasteiger partial charge in [-0.25, -0.2) is 0 Å². The van der Waals surface area contributed by atoms with Crippen molar-refractivity contribution in [3.63, 3.8) is 0 Å². The second kappa shape index (κ2) is 4.90. The molecule has 0 bridgehead atoms. The zero-order valence-electron chi connectivity index (χ0n) is 8.50. The van der Waals surface area contributed by atoms with E-state index in [1.54, 1.807) is 0 Å². The van der Waals surface area contributed by atoms with Crippen LogP contribution in [0, 0.1) is 0 Å². The molecule has 2 rings (SSSR count). The normalized spacial score (nSPS) is 21.7. The highest BCUT2D eigenvalue weighted by atomic mass is 79.9. The van der Waals surface area contributed by atoms with Crippen molar-refractivity contribution in [2.45, 2.75) is 25.3 Å². The minimum atomic E-state index is 0.310. The van der Waals surface area contributed by atoms with Gasteiger partial charge in [-0.1, -0.05) is 34.1 Å². The Kier molecular flexibility index (Phi) is 3.54. The third kappa shape index (κ3) is 2.89. The second-order valence-corrected chi connectivity index (χ2v) is 4.79. The molecule has 1 aromatic carbocycles. The summed E-state index contributed by atoms with van der Waals surface area (Å²) in [5.74, 6) is 0.380. The van der Waals surface area contributed by atoms with Crippen LogP contribution in [0.3, 0.4) is 0 Å². The van der Waals surface area contributed by atoms with Gasteiger partial charge in [0.2, 0.25) is 0 Å². The summed E-state index contributed by atoms with van der Waals surface area (Å²) in [5.41, 5.74) is 1.27. The molecule has 1 N–H and O–H groups in total. The first kappa shape index (κ1) is 10.8. The molecule has 0 aromatic heterocycles. The van der Waals surface area contributed by atoms with E-state index in [0.717, 1.165) is 17.4 Å². The highest BCUT2D eigenvalue weighted by molar-refractivity contribution is 9.10. The number of ketones is 1. The van der Waals surface area contributed by atoms with E-state index in [2.05, 4.69) is 27.3 Å². The molecule has 1 aliphatic rings. The van der Waals surface area contributed by atoms with Crippen LogP contribution in [0.2, 0.25) is 0 Å². The van der Waals surface area contributed by atoms with Gasteiger partial charge in [0.25, 0.3) is 0 Å². The Morgan fingerprint density at radius 2 is 2.20 bits per heavy atom. The first-order chi connectivity index (χ1) is 7.25. The van der Waals surface area contributed by atoms with Gasteiger partial charge in [-0.3, -0.25) is 4.79 Å². The van der Waals surface area contributed by atoms with Gasteiger partial charge >= 0.3 is 0 Å². The molecule has 0 spiro atoms. The van der Waals surface area contributed by atoms with E-state index in [9.17, 15) is 4.79 Å². The van der Waals surface area contributed by atoms with Crippen LogP contribution in [-0.4, -0.2) is 18.4 Å². The summed E-state index contributed by atoms with van der Waals surface area (Å²) in [5, 5.41) is 3.38. The van der Waals surface area contributed by atoms with Crippen LogP contribution in [-0.2, 0) is 11.2 Å². The molecule has 0 saturated carbocycles. The minimum absolute atomic E-state index is 0.310. The standard InChI is InChI=1S/C12H14BrNO/c13-12-4-2-1-3-9(12)7-10-8-11(15)5-6-14-10/h1-4,10,14H,5-8H2. The molecule has 1 fully saturated rings. The molecule has 1 atom stereocenters. The number of nitrogens with one attached hydrogen (secondary N) is 1. The number of benzene rings is 1. The molecule has 0 amide bonds. The van der Waals surface area contributed by atoms with Gasteiger partial charge in [0, 0.05) is 29.9 Å². The highest BCUT2D eigenvalue weighted by Gasteiger charge is 2.19. The van der Waals surface area contributed by atoms with Crippen LogP contribution < -0.4 is 5.32 Å². The van der Waals surface area contributed by atoms with Crippen LogP contribution in [0.25, 0.3) is 0 Å². The zero-order valence-corrected chi connectivity index (χ0v) is 10.1. The van der Waals surface area contributed by atoms with Gasteiger partial charge < -0.3 is 5.32 Å². The Labute approximate surface area is 98.2 Å². The van der Waals surface area contributed by atoms with E-state index in [0.29, 0.717) is 24.7 Å². The molecule has 2 nitrogen and oxygen atoms in total. The lowest BCUT2D eigenvalue weighted by Crippen LogP contribution is -2.39. The topological polar surface area (TPSA) is 29.1 Å². The third-order valence-corrected chi connectivity index (χ3v) is 3.51. The summed E-state index contributed by atoms with van der Waals surface area (Å²) in [4.78, 5) is 11.3. The van der Waals surface area contributed by atoms with Crippen LogP contribution in [0.5, 0.6) is 0 Å².